The second-order valence-electron chi connectivity index (χ2n) is 11.8. The number of anilines is 2. The van der Waals surface area contributed by atoms with Crippen molar-refractivity contribution in [3.05, 3.63) is 101 Å². The molecule has 0 radical (unpaired) electrons. The van der Waals surface area contributed by atoms with E-state index < -0.39 is 0 Å². The lowest BCUT2D eigenvalue weighted by molar-refractivity contribution is -0.119. The standard InChI is InChI=1S/C35H38N6OS/c1-23(32-14-15-33(43-32)29-13-9-8-12-27(29)22-40(3)4)37-35-30-18-34(36-19-31(30)38-24(2)39-35)41-20-26(21-41)17-28(42)16-25-10-6-5-7-11-25/h5-15,18-19,23,26H,16-17,20-22H2,1-4H3,(H,37,38,39). The fraction of sp³-hybridized carbons (Fsp3) is 0.314. The third-order valence-corrected chi connectivity index (χ3v) is 9.20. The molecule has 3 aromatic heterocycles. The predicted octanol–water partition coefficient (Wildman–Crippen LogP) is 6.93. The topological polar surface area (TPSA) is 74.2 Å². The van der Waals surface area contributed by atoms with E-state index in [-0.39, 0.29) is 6.04 Å². The number of ketones is 1. The van der Waals surface area contributed by atoms with Crippen LogP contribution in [-0.2, 0) is 17.8 Å². The van der Waals surface area contributed by atoms with Crippen molar-refractivity contribution >= 4 is 39.7 Å². The van der Waals surface area contributed by atoms with Crippen LogP contribution in [0, 0.1) is 12.8 Å². The molecule has 0 bridgehead atoms. The van der Waals surface area contributed by atoms with Crippen LogP contribution in [0.3, 0.4) is 0 Å². The van der Waals surface area contributed by atoms with E-state index >= 15 is 0 Å². The molecule has 0 aliphatic carbocycles. The van der Waals surface area contributed by atoms with Crippen molar-refractivity contribution in [2.75, 3.05) is 37.4 Å². The largest absolute Gasteiger partial charge is 0.362 e. The zero-order valence-corrected chi connectivity index (χ0v) is 26.1. The highest BCUT2D eigenvalue weighted by Crippen LogP contribution is 2.36. The third kappa shape index (κ3) is 6.76. The molecule has 4 heterocycles. The quantitative estimate of drug-likeness (QED) is 0.179. The average Bonchev–Trinajstić information content (AvgIpc) is 3.46. The highest BCUT2D eigenvalue weighted by atomic mass is 32.1. The Morgan fingerprint density at radius 2 is 1.81 bits per heavy atom. The molecule has 1 aliphatic rings. The summed E-state index contributed by atoms with van der Waals surface area (Å²) in [5.74, 6) is 3.08. The van der Waals surface area contributed by atoms with E-state index in [1.165, 1.54) is 20.9 Å². The highest BCUT2D eigenvalue weighted by molar-refractivity contribution is 7.15. The van der Waals surface area contributed by atoms with Crippen molar-refractivity contribution in [1.29, 1.82) is 0 Å². The molecule has 7 nitrogen and oxygen atoms in total. The average molecular weight is 591 g/mol. The van der Waals surface area contributed by atoms with Gasteiger partial charge in [-0.05, 0) is 62.8 Å². The molecule has 220 valence electrons. The number of nitrogens with zero attached hydrogens (tertiary/aromatic N) is 5. The first-order valence-electron chi connectivity index (χ1n) is 14.9. The summed E-state index contributed by atoms with van der Waals surface area (Å²) in [6, 6.07) is 25.2. The first kappa shape index (κ1) is 29.0. The normalized spacial score (nSPS) is 14.2. The second kappa shape index (κ2) is 12.6. The Bertz CT molecular complexity index is 1730. The number of Topliss-reactive ketones (excluding diaryl/α,β-unsaturated/α-hetero) is 1. The molecule has 8 heteroatoms. The van der Waals surface area contributed by atoms with Crippen LogP contribution < -0.4 is 10.2 Å². The van der Waals surface area contributed by atoms with Crippen LogP contribution in [0.5, 0.6) is 0 Å². The number of aromatic nitrogens is 3. The van der Waals surface area contributed by atoms with Crippen LogP contribution in [0.1, 0.15) is 41.2 Å². The second-order valence-corrected chi connectivity index (χ2v) is 12.9. The summed E-state index contributed by atoms with van der Waals surface area (Å²) < 4.78 is 0. The van der Waals surface area contributed by atoms with Crippen LogP contribution in [0.2, 0.25) is 0 Å². The number of carbonyl (C=O) groups is 1. The molecule has 43 heavy (non-hydrogen) atoms. The van der Waals surface area contributed by atoms with E-state index in [9.17, 15) is 4.79 Å². The van der Waals surface area contributed by atoms with Gasteiger partial charge in [-0.25, -0.2) is 15.0 Å². The highest BCUT2D eigenvalue weighted by Gasteiger charge is 2.30. The number of rotatable bonds is 11. The molecule has 2 aromatic carbocycles. The zero-order valence-electron chi connectivity index (χ0n) is 25.2. The first-order valence-corrected chi connectivity index (χ1v) is 15.7. The minimum absolute atomic E-state index is 0.0675. The van der Waals surface area contributed by atoms with Crippen molar-refractivity contribution in [2.45, 2.75) is 39.3 Å². The lowest BCUT2D eigenvalue weighted by Crippen LogP contribution is -2.48. The number of benzene rings is 2. The molecule has 1 fully saturated rings. The SMILES string of the molecule is Cc1nc(NC(C)c2ccc(-c3ccccc3CN(C)C)s2)c2cc(N3CC(CC(=O)Cc4ccccc4)C3)ncc2n1. The maximum absolute atomic E-state index is 12.6. The van der Waals surface area contributed by atoms with Gasteiger partial charge in [-0.1, -0.05) is 54.6 Å². The Morgan fingerprint density at radius 3 is 2.60 bits per heavy atom. The number of aryl methyl sites for hydroxylation is 1. The molecule has 5 aromatic rings. The summed E-state index contributed by atoms with van der Waals surface area (Å²) in [5.41, 5.74) is 4.52. The molecule has 1 unspecified atom stereocenters. The van der Waals surface area contributed by atoms with Crippen LogP contribution in [0.15, 0.2) is 79.0 Å². The van der Waals surface area contributed by atoms with Crippen LogP contribution in [-0.4, -0.2) is 52.8 Å². The lowest BCUT2D eigenvalue weighted by atomic mass is 9.92. The van der Waals surface area contributed by atoms with E-state index in [1.54, 1.807) is 0 Å². The number of hydrogen-bond donors (Lipinski definition) is 1. The number of nitrogens with one attached hydrogen (secondary N) is 1. The Labute approximate surface area is 257 Å². The molecule has 1 saturated heterocycles. The number of thiophene rings is 1. The molecule has 0 spiro atoms. The van der Waals surface area contributed by atoms with E-state index in [2.05, 4.69) is 83.6 Å². The van der Waals surface area contributed by atoms with Gasteiger partial charge in [0.1, 0.15) is 23.2 Å². The van der Waals surface area contributed by atoms with E-state index in [0.29, 0.717) is 30.4 Å². The van der Waals surface area contributed by atoms with Gasteiger partial charge in [-0.2, -0.15) is 0 Å². The van der Waals surface area contributed by atoms with Gasteiger partial charge < -0.3 is 15.1 Å². The number of carbonyl (C=O) groups excluding carboxylic acids is 1. The van der Waals surface area contributed by atoms with Gasteiger partial charge in [0.05, 0.1) is 17.8 Å². The third-order valence-electron chi connectivity index (χ3n) is 7.90. The summed E-state index contributed by atoms with van der Waals surface area (Å²) in [5, 5.41) is 4.63. The lowest BCUT2D eigenvalue weighted by Gasteiger charge is -2.40. The molecular formula is C35H38N6OS. The number of hydrogen-bond acceptors (Lipinski definition) is 8. The Hall–Kier alpha value is -4.14. The molecular weight excluding hydrogens is 552 g/mol. The summed E-state index contributed by atoms with van der Waals surface area (Å²) in [4.78, 5) is 33.7. The summed E-state index contributed by atoms with van der Waals surface area (Å²) >= 11 is 1.82. The maximum atomic E-state index is 12.6. The monoisotopic (exact) mass is 590 g/mol. The Kier molecular flexibility index (Phi) is 8.49. The van der Waals surface area contributed by atoms with Crippen LogP contribution in [0.25, 0.3) is 21.3 Å². The van der Waals surface area contributed by atoms with Gasteiger partial charge in [-0.15, -0.1) is 11.3 Å². The predicted molar refractivity (Wildman–Crippen MR) is 177 cm³/mol. The van der Waals surface area contributed by atoms with Gasteiger partial charge in [0.25, 0.3) is 0 Å². The molecule has 0 saturated carbocycles. The first-order chi connectivity index (χ1) is 20.8. The van der Waals surface area contributed by atoms with E-state index in [4.69, 9.17) is 9.97 Å². The smallest absolute Gasteiger partial charge is 0.138 e. The molecule has 1 atom stereocenters. The number of pyridine rings is 1. The number of fused-ring (bicyclic) bond motifs is 1. The van der Waals surface area contributed by atoms with Crippen LogP contribution in [0.4, 0.5) is 11.6 Å². The van der Waals surface area contributed by atoms with E-state index in [0.717, 1.165) is 47.7 Å². The van der Waals surface area contributed by atoms with Gasteiger partial charge in [-0.3, -0.25) is 4.79 Å². The Morgan fingerprint density at radius 1 is 1.05 bits per heavy atom. The summed E-state index contributed by atoms with van der Waals surface area (Å²) in [6.07, 6.45) is 2.95. The fourth-order valence-corrected chi connectivity index (χ4v) is 6.84. The molecule has 6 rings (SSSR count). The molecule has 1 aliphatic heterocycles. The van der Waals surface area contributed by atoms with Gasteiger partial charge in [0, 0.05) is 53.5 Å². The minimum atomic E-state index is 0.0675. The van der Waals surface area contributed by atoms with Crippen molar-refractivity contribution in [3.8, 4) is 10.4 Å². The van der Waals surface area contributed by atoms with Gasteiger partial charge in [0.2, 0.25) is 0 Å². The summed E-state index contributed by atoms with van der Waals surface area (Å²) in [7, 11) is 4.21. The van der Waals surface area contributed by atoms with Crippen molar-refractivity contribution in [2.24, 2.45) is 5.92 Å². The van der Waals surface area contributed by atoms with Gasteiger partial charge in [0.15, 0.2) is 0 Å². The van der Waals surface area contributed by atoms with Crippen LogP contribution >= 0.6 is 11.3 Å². The van der Waals surface area contributed by atoms with E-state index in [1.807, 2.05) is 54.8 Å². The fourth-order valence-electron chi connectivity index (χ4n) is 5.77. The summed E-state index contributed by atoms with van der Waals surface area (Å²) in [6.45, 7) is 6.66. The van der Waals surface area contributed by atoms with Crippen molar-refractivity contribution in [3.63, 3.8) is 0 Å². The molecule has 1 N–H and O–H groups in total. The van der Waals surface area contributed by atoms with Gasteiger partial charge >= 0.3 is 0 Å². The van der Waals surface area contributed by atoms with Crippen molar-refractivity contribution in [1.82, 2.24) is 19.9 Å². The minimum Gasteiger partial charge on any atom is -0.362 e. The van der Waals surface area contributed by atoms with Crippen molar-refractivity contribution < 1.29 is 4.79 Å². The Balaban J connectivity index is 1.15. The maximum Gasteiger partial charge on any atom is 0.138 e. The zero-order chi connectivity index (χ0) is 29.9. The molecule has 0 amide bonds.